The lowest BCUT2D eigenvalue weighted by Gasteiger charge is -2.18. The van der Waals surface area contributed by atoms with Crippen LogP contribution in [0.5, 0.6) is 11.5 Å². The number of nitrogens with one attached hydrogen (secondary N) is 1. The molecule has 2 aromatic heterocycles. The van der Waals surface area contributed by atoms with Crippen LogP contribution in [0.2, 0.25) is 0 Å². The van der Waals surface area contributed by atoms with Gasteiger partial charge < -0.3 is 25.3 Å². The predicted molar refractivity (Wildman–Crippen MR) is 116 cm³/mol. The van der Waals surface area contributed by atoms with E-state index in [4.69, 9.17) is 19.9 Å². The summed E-state index contributed by atoms with van der Waals surface area (Å²) in [5.74, 6) is 1.73. The molecule has 0 aliphatic heterocycles. The van der Waals surface area contributed by atoms with Gasteiger partial charge in [0.05, 0.1) is 12.6 Å². The highest BCUT2D eigenvalue weighted by Gasteiger charge is 2.44. The number of methoxy groups -OCH3 is 2. The maximum absolute atomic E-state index is 13.1. The molecule has 3 aromatic rings. The molecule has 1 aliphatic carbocycles. The lowest BCUT2D eigenvalue weighted by atomic mass is 10.1. The van der Waals surface area contributed by atoms with Gasteiger partial charge in [0.25, 0.3) is 0 Å². The number of benzene rings is 1. The van der Waals surface area contributed by atoms with E-state index in [1.54, 1.807) is 26.2 Å². The molecule has 33 heavy (non-hydrogen) atoms. The number of anilines is 2. The third-order valence-electron chi connectivity index (χ3n) is 5.48. The lowest BCUT2D eigenvalue weighted by molar-refractivity contribution is -0.141. The van der Waals surface area contributed by atoms with Crippen molar-refractivity contribution in [3.8, 4) is 11.5 Å². The van der Waals surface area contributed by atoms with E-state index in [2.05, 4.69) is 20.3 Å². The van der Waals surface area contributed by atoms with Gasteiger partial charge >= 0.3 is 6.18 Å². The van der Waals surface area contributed by atoms with E-state index in [0.717, 1.165) is 18.9 Å². The van der Waals surface area contributed by atoms with Crippen molar-refractivity contribution in [2.24, 2.45) is 0 Å². The van der Waals surface area contributed by atoms with Crippen molar-refractivity contribution >= 4 is 22.5 Å². The zero-order chi connectivity index (χ0) is 23.8. The molecule has 176 valence electrons. The predicted octanol–water partition coefficient (Wildman–Crippen LogP) is 4.11. The first kappa shape index (κ1) is 22.8. The van der Waals surface area contributed by atoms with Crippen LogP contribution in [-0.4, -0.2) is 41.4 Å². The number of alkyl halides is 3. The van der Waals surface area contributed by atoms with Gasteiger partial charge in [0.2, 0.25) is 0 Å². The van der Waals surface area contributed by atoms with Crippen LogP contribution >= 0.6 is 0 Å². The molecule has 0 radical (unpaired) electrons. The van der Waals surface area contributed by atoms with Crippen molar-refractivity contribution < 1.29 is 27.4 Å². The fourth-order valence-electron chi connectivity index (χ4n) is 3.46. The second-order valence-corrected chi connectivity index (χ2v) is 7.95. The minimum absolute atomic E-state index is 0.0519. The molecule has 8 nitrogen and oxygen atoms in total. The number of hydrogen-bond donors (Lipinski definition) is 2. The minimum Gasteiger partial charge on any atom is -0.493 e. The van der Waals surface area contributed by atoms with Crippen molar-refractivity contribution in [2.75, 3.05) is 31.9 Å². The molecule has 0 spiro atoms. The zero-order valence-corrected chi connectivity index (χ0v) is 18.4. The van der Waals surface area contributed by atoms with Gasteiger partial charge in [-0.1, -0.05) is 0 Å². The van der Waals surface area contributed by atoms with Gasteiger partial charge in [0.1, 0.15) is 35.4 Å². The second kappa shape index (κ2) is 8.54. The molecule has 2 heterocycles. The van der Waals surface area contributed by atoms with Crippen LogP contribution in [0.15, 0.2) is 24.3 Å². The molecular formula is C22H24F3N5O3. The smallest absolute Gasteiger partial charge is 0.433 e. The Labute approximate surface area is 188 Å². The van der Waals surface area contributed by atoms with Gasteiger partial charge in [-0.25, -0.2) is 15.0 Å². The monoisotopic (exact) mass is 463 g/mol. The maximum Gasteiger partial charge on any atom is 0.433 e. The van der Waals surface area contributed by atoms with Crippen molar-refractivity contribution in [3.05, 3.63) is 41.3 Å². The molecule has 0 unspecified atom stereocenters. The van der Waals surface area contributed by atoms with Crippen LogP contribution in [0, 0.1) is 6.92 Å². The van der Waals surface area contributed by atoms with Gasteiger partial charge in [0, 0.05) is 25.1 Å². The van der Waals surface area contributed by atoms with Crippen LogP contribution in [0.25, 0.3) is 10.9 Å². The molecule has 4 rings (SSSR count). The summed E-state index contributed by atoms with van der Waals surface area (Å²) in [5.41, 5.74) is 5.17. The third kappa shape index (κ3) is 5.03. The Morgan fingerprint density at radius 3 is 2.45 bits per heavy atom. The molecule has 11 heteroatoms. The zero-order valence-electron chi connectivity index (χ0n) is 18.4. The van der Waals surface area contributed by atoms with Gasteiger partial charge in [-0.3, -0.25) is 0 Å². The first-order chi connectivity index (χ1) is 15.6. The Bertz CT molecular complexity index is 1180. The Kier molecular flexibility index (Phi) is 5.91. The molecule has 0 amide bonds. The van der Waals surface area contributed by atoms with Crippen molar-refractivity contribution in [2.45, 2.75) is 38.1 Å². The molecule has 0 saturated heterocycles. The molecule has 1 aromatic carbocycles. The third-order valence-corrected chi connectivity index (χ3v) is 5.48. The second-order valence-electron chi connectivity index (χ2n) is 7.95. The number of pyridine rings is 1. The lowest BCUT2D eigenvalue weighted by Crippen LogP contribution is -2.21. The highest BCUT2D eigenvalue weighted by molar-refractivity contribution is 5.91. The molecule has 3 N–H and O–H groups in total. The number of nitrogens with zero attached hydrogens (tertiary/aromatic N) is 3. The average molecular weight is 463 g/mol. The first-order valence-corrected chi connectivity index (χ1v) is 10.2. The van der Waals surface area contributed by atoms with Gasteiger partial charge in [-0.05, 0) is 43.5 Å². The SMILES string of the molecule is COc1cc2nc(C)nc(NCc3cc(N)nc(C(F)(F)F)c3)c2cc1OCC1(OC)CC1. The number of aryl methyl sites for hydroxylation is 1. The highest BCUT2D eigenvalue weighted by atomic mass is 19.4. The molecule has 1 saturated carbocycles. The van der Waals surface area contributed by atoms with Crippen molar-refractivity contribution in [1.82, 2.24) is 15.0 Å². The molecule has 1 fully saturated rings. The Balaban J connectivity index is 1.64. The van der Waals surface area contributed by atoms with Gasteiger partial charge in [-0.2, -0.15) is 13.2 Å². The normalized spacial score (nSPS) is 14.8. The maximum atomic E-state index is 13.1. The average Bonchev–Trinajstić information content (AvgIpc) is 3.55. The van der Waals surface area contributed by atoms with E-state index in [0.29, 0.717) is 46.2 Å². The highest BCUT2D eigenvalue weighted by Crippen LogP contribution is 2.41. The van der Waals surface area contributed by atoms with E-state index in [-0.39, 0.29) is 18.0 Å². The summed E-state index contributed by atoms with van der Waals surface area (Å²) in [6, 6.07) is 5.83. The quantitative estimate of drug-likeness (QED) is 0.514. The number of halogens is 3. The number of nitrogen functional groups attached to an aromatic ring is 1. The summed E-state index contributed by atoms with van der Waals surface area (Å²) < 4.78 is 56.2. The summed E-state index contributed by atoms with van der Waals surface area (Å²) in [4.78, 5) is 12.2. The van der Waals surface area contributed by atoms with Gasteiger partial charge in [-0.15, -0.1) is 0 Å². The number of aromatic nitrogens is 3. The first-order valence-electron chi connectivity index (χ1n) is 10.2. The number of hydrogen-bond acceptors (Lipinski definition) is 8. The summed E-state index contributed by atoms with van der Waals surface area (Å²) in [5, 5.41) is 3.72. The van der Waals surface area contributed by atoms with Crippen LogP contribution in [0.1, 0.15) is 29.9 Å². The largest absolute Gasteiger partial charge is 0.493 e. The number of ether oxygens (including phenoxy) is 3. The van der Waals surface area contributed by atoms with Crippen LogP contribution in [0.3, 0.4) is 0 Å². The Morgan fingerprint density at radius 2 is 1.82 bits per heavy atom. The Hall–Kier alpha value is -3.34. The van der Waals surface area contributed by atoms with Gasteiger partial charge in [0.15, 0.2) is 11.5 Å². The minimum atomic E-state index is -4.59. The standard InChI is InChI=1S/C22H24F3N5O3/c1-12-28-15-9-16(31-2)17(33-11-21(32-3)4-5-21)8-14(15)20(29-12)27-10-13-6-18(22(23,24)25)30-19(26)7-13/h6-9H,4-5,10-11H2,1-3H3,(H2,26,30)(H,27,28,29). The fourth-order valence-corrected chi connectivity index (χ4v) is 3.46. The fraction of sp³-hybridized carbons (Fsp3) is 0.409. The topological polar surface area (TPSA) is 104 Å². The summed E-state index contributed by atoms with van der Waals surface area (Å²) in [7, 11) is 3.19. The molecule has 1 aliphatic rings. The summed E-state index contributed by atoms with van der Waals surface area (Å²) in [6.45, 7) is 2.15. The number of fused-ring (bicyclic) bond motifs is 1. The van der Waals surface area contributed by atoms with Crippen molar-refractivity contribution in [3.63, 3.8) is 0 Å². The van der Waals surface area contributed by atoms with E-state index >= 15 is 0 Å². The van der Waals surface area contributed by atoms with Crippen molar-refractivity contribution in [1.29, 1.82) is 0 Å². The van der Waals surface area contributed by atoms with E-state index in [1.807, 2.05) is 0 Å². The van der Waals surface area contributed by atoms with Crippen LogP contribution in [0.4, 0.5) is 24.8 Å². The molecule has 0 bridgehead atoms. The van der Waals surface area contributed by atoms with E-state index in [9.17, 15) is 13.2 Å². The molecule has 0 atom stereocenters. The summed E-state index contributed by atoms with van der Waals surface area (Å²) >= 11 is 0. The number of nitrogens with two attached hydrogens (primary N) is 1. The molecular weight excluding hydrogens is 439 g/mol. The number of rotatable bonds is 8. The van der Waals surface area contributed by atoms with E-state index in [1.165, 1.54) is 13.2 Å². The van der Waals surface area contributed by atoms with Crippen LogP contribution in [-0.2, 0) is 17.5 Å². The van der Waals surface area contributed by atoms with E-state index < -0.39 is 11.9 Å². The summed E-state index contributed by atoms with van der Waals surface area (Å²) in [6.07, 6.45) is -2.75. The Morgan fingerprint density at radius 1 is 1.06 bits per heavy atom. The van der Waals surface area contributed by atoms with Crippen LogP contribution < -0.4 is 20.5 Å².